The molecule has 1 aromatic rings. The van der Waals surface area contributed by atoms with E-state index in [1.165, 1.54) is 12.2 Å². The minimum Gasteiger partial charge on any atom is -0.312 e. The van der Waals surface area contributed by atoms with Gasteiger partial charge in [-0.15, -0.1) is 0 Å². The molecule has 126 valence electrons. The third-order valence-corrected chi connectivity index (χ3v) is 3.41. The van der Waals surface area contributed by atoms with E-state index in [-0.39, 0.29) is 23.5 Å². The van der Waals surface area contributed by atoms with E-state index >= 15 is 0 Å². The average molecular weight is 337 g/mol. The molecule has 0 heterocycles. The highest BCUT2D eigenvalue weighted by Gasteiger charge is 2.21. The van der Waals surface area contributed by atoms with E-state index in [2.05, 4.69) is 9.99 Å². The SMILES string of the molecule is CC1=CC(=O)C(C(C)C)=CC1=NOC(=O)c1cc(F)c(F)cc1F. The quantitative estimate of drug-likeness (QED) is 0.365. The summed E-state index contributed by atoms with van der Waals surface area (Å²) in [5.74, 6) is -5.56. The van der Waals surface area contributed by atoms with Crippen LogP contribution in [0.3, 0.4) is 0 Å². The fourth-order valence-corrected chi connectivity index (χ4v) is 2.05. The maximum absolute atomic E-state index is 13.5. The molecule has 0 saturated carbocycles. The second kappa shape index (κ2) is 6.82. The topological polar surface area (TPSA) is 55.7 Å². The number of carbonyl (C=O) groups is 2. The number of hydrogen-bond donors (Lipinski definition) is 0. The Labute approximate surface area is 136 Å². The summed E-state index contributed by atoms with van der Waals surface area (Å²) >= 11 is 0. The van der Waals surface area contributed by atoms with Crippen LogP contribution >= 0.6 is 0 Å². The van der Waals surface area contributed by atoms with E-state index in [4.69, 9.17) is 0 Å². The Bertz CT molecular complexity index is 808. The van der Waals surface area contributed by atoms with E-state index in [0.29, 0.717) is 17.2 Å². The molecule has 0 aromatic heterocycles. The largest absolute Gasteiger partial charge is 0.368 e. The summed E-state index contributed by atoms with van der Waals surface area (Å²) in [5.41, 5.74) is 0.381. The summed E-state index contributed by atoms with van der Waals surface area (Å²) in [4.78, 5) is 28.2. The lowest BCUT2D eigenvalue weighted by Crippen LogP contribution is -2.16. The molecule has 0 fully saturated rings. The molecule has 24 heavy (non-hydrogen) atoms. The molecule has 1 aromatic carbocycles. The first-order valence-corrected chi connectivity index (χ1v) is 7.09. The second-order valence-electron chi connectivity index (χ2n) is 5.55. The van der Waals surface area contributed by atoms with Gasteiger partial charge in [0, 0.05) is 11.6 Å². The third kappa shape index (κ3) is 3.61. The normalized spacial score (nSPS) is 16.3. The van der Waals surface area contributed by atoms with Crippen molar-refractivity contribution < 1.29 is 27.6 Å². The van der Waals surface area contributed by atoms with Crippen LogP contribution < -0.4 is 0 Å². The highest BCUT2D eigenvalue weighted by molar-refractivity contribution is 6.21. The molecule has 1 aliphatic rings. The van der Waals surface area contributed by atoms with Crippen molar-refractivity contribution in [3.63, 3.8) is 0 Å². The standard InChI is InChI=1S/C17H14F3NO3/c1-8(2)10-6-15(9(3)4-16(10)22)21-24-17(23)11-5-13(19)14(20)7-12(11)18/h4-8H,1-3H3. The number of carbonyl (C=O) groups excluding carboxylic acids is 2. The Morgan fingerprint density at radius 2 is 1.71 bits per heavy atom. The zero-order valence-electron chi connectivity index (χ0n) is 13.2. The number of oxime groups is 1. The zero-order chi connectivity index (χ0) is 18.0. The molecule has 1 aliphatic carbocycles. The molecule has 0 amide bonds. The Hall–Kier alpha value is -2.70. The Morgan fingerprint density at radius 1 is 1.08 bits per heavy atom. The summed E-state index contributed by atoms with van der Waals surface area (Å²) < 4.78 is 39.5. The molecule has 0 N–H and O–H groups in total. The van der Waals surface area contributed by atoms with Gasteiger partial charge in [-0.05, 0) is 36.6 Å². The molecular weight excluding hydrogens is 323 g/mol. The van der Waals surface area contributed by atoms with E-state index in [1.54, 1.807) is 6.92 Å². The molecule has 0 unspecified atom stereocenters. The van der Waals surface area contributed by atoms with Gasteiger partial charge in [-0.3, -0.25) is 4.79 Å². The first-order chi connectivity index (χ1) is 11.2. The molecule has 0 bridgehead atoms. The number of ketones is 1. The molecule has 0 saturated heterocycles. The zero-order valence-corrected chi connectivity index (χ0v) is 13.2. The number of rotatable bonds is 3. The van der Waals surface area contributed by atoms with Crippen LogP contribution in [-0.4, -0.2) is 17.5 Å². The van der Waals surface area contributed by atoms with Gasteiger partial charge < -0.3 is 4.84 Å². The lowest BCUT2D eigenvalue weighted by Gasteiger charge is -2.14. The van der Waals surface area contributed by atoms with E-state index in [0.717, 1.165) is 0 Å². The van der Waals surface area contributed by atoms with Crippen LogP contribution in [0, 0.1) is 23.4 Å². The molecule has 0 radical (unpaired) electrons. The van der Waals surface area contributed by atoms with Crippen molar-refractivity contribution in [3.05, 3.63) is 58.4 Å². The fourth-order valence-electron chi connectivity index (χ4n) is 2.05. The van der Waals surface area contributed by atoms with Crippen molar-refractivity contribution >= 4 is 17.5 Å². The Balaban J connectivity index is 2.27. The number of nitrogens with zero attached hydrogens (tertiary/aromatic N) is 1. The van der Waals surface area contributed by atoms with Gasteiger partial charge in [-0.2, -0.15) is 0 Å². The highest BCUT2D eigenvalue weighted by atomic mass is 19.2. The molecule has 0 aliphatic heterocycles. The van der Waals surface area contributed by atoms with Gasteiger partial charge in [0.2, 0.25) is 0 Å². The summed E-state index contributed by atoms with van der Waals surface area (Å²) in [6, 6.07) is 0.649. The second-order valence-corrected chi connectivity index (χ2v) is 5.55. The van der Waals surface area contributed by atoms with Crippen LogP contribution in [0.4, 0.5) is 13.2 Å². The van der Waals surface area contributed by atoms with Crippen LogP contribution in [0.5, 0.6) is 0 Å². The Kier molecular flexibility index (Phi) is 5.02. The van der Waals surface area contributed by atoms with Crippen molar-refractivity contribution in [2.24, 2.45) is 11.1 Å². The predicted octanol–water partition coefficient (Wildman–Crippen LogP) is 3.73. The lowest BCUT2D eigenvalue weighted by atomic mass is 9.90. The molecule has 4 nitrogen and oxygen atoms in total. The van der Waals surface area contributed by atoms with Crippen molar-refractivity contribution in [3.8, 4) is 0 Å². The van der Waals surface area contributed by atoms with E-state index in [1.807, 2.05) is 13.8 Å². The van der Waals surface area contributed by atoms with E-state index < -0.39 is 29.0 Å². The van der Waals surface area contributed by atoms with Crippen LogP contribution in [0.1, 0.15) is 31.1 Å². The first-order valence-electron chi connectivity index (χ1n) is 7.09. The van der Waals surface area contributed by atoms with Gasteiger partial charge >= 0.3 is 5.97 Å². The molecular formula is C17H14F3NO3. The van der Waals surface area contributed by atoms with Gasteiger partial charge in [0.25, 0.3) is 0 Å². The number of benzene rings is 1. The minimum atomic E-state index is -1.41. The predicted molar refractivity (Wildman–Crippen MR) is 80.9 cm³/mol. The monoisotopic (exact) mass is 337 g/mol. The lowest BCUT2D eigenvalue weighted by molar-refractivity contribution is -0.111. The van der Waals surface area contributed by atoms with Crippen LogP contribution in [0.2, 0.25) is 0 Å². The fraction of sp³-hybridized carbons (Fsp3) is 0.235. The van der Waals surface area contributed by atoms with E-state index in [9.17, 15) is 22.8 Å². The smallest absolute Gasteiger partial charge is 0.312 e. The summed E-state index contributed by atoms with van der Waals surface area (Å²) in [7, 11) is 0. The molecule has 2 rings (SSSR count). The summed E-state index contributed by atoms with van der Waals surface area (Å²) in [6.07, 6.45) is 2.82. The van der Waals surface area contributed by atoms with Crippen molar-refractivity contribution in [2.75, 3.05) is 0 Å². The summed E-state index contributed by atoms with van der Waals surface area (Å²) in [5, 5.41) is 3.59. The maximum Gasteiger partial charge on any atom is 0.368 e. The molecule has 0 atom stereocenters. The molecule has 7 heteroatoms. The van der Waals surface area contributed by atoms with Crippen LogP contribution in [-0.2, 0) is 9.63 Å². The molecule has 0 spiro atoms. The van der Waals surface area contributed by atoms with Gasteiger partial charge in [0.1, 0.15) is 17.1 Å². The number of allylic oxidation sites excluding steroid dienone is 4. The average Bonchev–Trinajstić information content (AvgIpc) is 2.49. The van der Waals surface area contributed by atoms with Crippen molar-refractivity contribution in [1.82, 2.24) is 0 Å². The Morgan fingerprint density at radius 3 is 2.33 bits per heavy atom. The third-order valence-electron chi connectivity index (χ3n) is 3.41. The van der Waals surface area contributed by atoms with Gasteiger partial charge in [-0.25, -0.2) is 18.0 Å². The van der Waals surface area contributed by atoms with Gasteiger partial charge in [0.05, 0.1) is 0 Å². The first kappa shape index (κ1) is 17.7. The highest BCUT2D eigenvalue weighted by Crippen LogP contribution is 2.20. The van der Waals surface area contributed by atoms with Crippen LogP contribution in [0.15, 0.2) is 40.6 Å². The van der Waals surface area contributed by atoms with Crippen LogP contribution in [0.25, 0.3) is 0 Å². The van der Waals surface area contributed by atoms with Crippen molar-refractivity contribution in [2.45, 2.75) is 20.8 Å². The maximum atomic E-state index is 13.5. The van der Waals surface area contributed by atoms with Gasteiger partial charge in [-0.1, -0.05) is 19.0 Å². The van der Waals surface area contributed by atoms with Gasteiger partial charge in [0.15, 0.2) is 17.4 Å². The number of halogens is 3. The minimum absolute atomic E-state index is 0.0635. The van der Waals surface area contributed by atoms with Crippen molar-refractivity contribution in [1.29, 1.82) is 0 Å². The summed E-state index contributed by atoms with van der Waals surface area (Å²) in [6.45, 7) is 5.23. The number of hydrogen-bond acceptors (Lipinski definition) is 4.